The lowest BCUT2D eigenvalue weighted by Crippen LogP contribution is -2.24. The number of para-hydroxylation sites is 1. The molecule has 1 N–H and O–H groups in total. The van der Waals surface area contributed by atoms with E-state index >= 15 is 0 Å². The van der Waals surface area contributed by atoms with Crippen molar-refractivity contribution in [2.24, 2.45) is 5.10 Å². The average Bonchev–Trinajstić information content (AvgIpc) is 3.31. The van der Waals surface area contributed by atoms with Crippen LogP contribution in [0.25, 0.3) is 5.69 Å². The number of aromatic nitrogens is 2. The van der Waals surface area contributed by atoms with Crippen LogP contribution in [-0.4, -0.2) is 41.1 Å². The Balaban J connectivity index is 1.66. The van der Waals surface area contributed by atoms with Crippen molar-refractivity contribution in [1.82, 2.24) is 14.8 Å². The van der Waals surface area contributed by atoms with Gasteiger partial charge in [-0.2, -0.15) is 10.2 Å². The van der Waals surface area contributed by atoms with Crippen LogP contribution in [0.15, 0.2) is 65.9 Å². The van der Waals surface area contributed by atoms with Crippen LogP contribution in [0.4, 0.5) is 5.69 Å². The first kappa shape index (κ1) is 20.8. The van der Waals surface area contributed by atoms with E-state index in [-0.39, 0.29) is 11.9 Å². The second-order valence-electron chi connectivity index (χ2n) is 7.54. The molecule has 2 aromatic carbocycles. The number of hydrazone groups is 1. The first-order valence-electron chi connectivity index (χ1n) is 9.78. The largest absolute Gasteiger partial charge is 0.284 e. The van der Waals surface area contributed by atoms with Gasteiger partial charge < -0.3 is 0 Å². The molecule has 0 radical (unpaired) electrons. The van der Waals surface area contributed by atoms with Crippen molar-refractivity contribution in [2.45, 2.75) is 26.3 Å². The van der Waals surface area contributed by atoms with Gasteiger partial charge in [-0.25, -0.2) is 18.1 Å². The molecule has 4 rings (SSSR count). The quantitative estimate of drug-likeness (QED) is 0.663. The number of nitrogens with zero attached hydrogens (tertiary/aromatic N) is 4. The number of hydrogen-bond donors (Lipinski definition) is 1. The van der Waals surface area contributed by atoms with Crippen molar-refractivity contribution in [3.05, 3.63) is 77.6 Å². The van der Waals surface area contributed by atoms with Gasteiger partial charge in [0.05, 0.1) is 29.4 Å². The standard InChI is InChI=1S/C22H23N5O3S/c1-15-20(14-26(23-15)19-10-5-4-6-11-19)22-13-21(24-27(22)16(2)28)17-8-7-9-18(12-17)25-31(3,29)30/h4-12,14,22,25H,13H2,1-3H3/t22-/m0/s1. The molecular weight excluding hydrogens is 414 g/mol. The van der Waals surface area contributed by atoms with Crippen LogP contribution in [0.3, 0.4) is 0 Å². The van der Waals surface area contributed by atoms with E-state index in [9.17, 15) is 13.2 Å². The Morgan fingerprint density at radius 3 is 2.55 bits per heavy atom. The Morgan fingerprint density at radius 2 is 1.87 bits per heavy atom. The number of sulfonamides is 1. The molecule has 31 heavy (non-hydrogen) atoms. The van der Waals surface area contributed by atoms with E-state index in [1.165, 1.54) is 11.9 Å². The van der Waals surface area contributed by atoms with Crippen LogP contribution < -0.4 is 4.72 Å². The summed E-state index contributed by atoms with van der Waals surface area (Å²) in [6.07, 6.45) is 3.54. The number of carbonyl (C=O) groups excluding carboxylic acids is 1. The van der Waals surface area contributed by atoms with E-state index in [4.69, 9.17) is 0 Å². The summed E-state index contributed by atoms with van der Waals surface area (Å²) in [6.45, 7) is 3.40. The highest BCUT2D eigenvalue weighted by Crippen LogP contribution is 2.35. The molecule has 1 aromatic heterocycles. The predicted molar refractivity (Wildman–Crippen MR) is 120 cm³/mol. The Hall–Kier alpha value is -3.46. The first-order valence-corrected chi connectivity index (χ1v) is 11.7. The van der Waals surface area contributed by atoms with Gasteiger partial charge in [-0.3, -0.25) is 9.52 Å². The molecule has 1 aliphatic heterocycles. The SMILES string of the molecule is CC(=O)N1N=C(c2cccc(NS(C)(=O)=O)c2)C[C@H]1c1cn(-c2ccccc2)nc1C. The van der Waals surface area contributed by atoms with Crippen molar-refractivity contribution < 1.29 is 13.2 Å². The van der Waals surface area contributed by atoms with Gasteiger partial charge in [0.15, 0.2) is 0 Å². The maximum atomic E-state index is 12.3. The molecule has 0 bridgehead atoms. The molecule has 0 saturated carbocycles. The number of carbonyl (C=O) groups is 1. The molecule has 9 heteroatoms. The number of amides is 1. The molecule has 0 saturated heterocycles. The maximum Gasteiger partial charge on any atom is 0.240 e. The fourth-order valence-electron chi connectivity index (χ4n) is 3.71. The molecule has 0 spiro atoms. The van der Waals surface area contributed by atoms with Gasteiger partial charge in [-0.15, -0.1) is 0 Å². The van der Waals surface area contributed by atoms with Crippen molar-refractivity contribution >= 4 is 27.3 Å². The molecule has 3 aromatic rings. The summed E-state index contributed by atoms with van der Waals surface area (Å²) in [5.74, 6) is -0.169. The lowest BCUT2D eigenvalue weighted by atomic mass is 9.99. The monoisotopic (exact) mass is 437 g/mol. The molecule has 160 valence electrons. The smallest absolute Gasteiger partial charge is 0.240 e. The highest BCUT2D eigenvalue weighted by molar-refractivity contribution is 7.92. The summed E-state index contributed by atoms with van der Waals surface area (Å²) in [6, 6.07) is 16.5. The zero-order valence-corrected chi connectivity index (χ0v) is 18.3. The van der Waals surface area contributed by atoms with Crippen LogP contribution >= 0.6 is 0 Å². The van der Waals surface area contributed by atoms with Crippen molar-refractivity contribution in [2.75, 3.05) is 11.0 Å². The summed E-state index contributed by atoms with van der Waals surface area (Å²) < 4.78 is 27.4. The van der Waals surface area contributed by atoms with Crippen LogP contribution in [0.1, 0.15) is 36.2 Å². The Kier molecular flexibility index (Phi) is 5.36. The number of anilines is 1. The highest BCUT2D eigenvalue weighted by atomic mass is 32.2. The van der Waals surface area contributed by atoms with Crippen molar-refractivity contribution in [1.29, 1.82) is 0 Å². The molecule has 1 aliphatic rings. The number of benzene rings is 2. The number of hydrogen-bond acceptors (Lipinski definition) is 5. The number of aryl methyl sites for hydroxylation is 1. The third kappa shape index (κ3) is 4.51. The van der Waals surface area contributed by atoms with Gasteiger partial charge >= 0.3 is 0 Å². The molecule has 2 heterocycles. The van der Waals surface area contributed by atoms with Gasteiger partial charge in [-0.1, -0.05) is 30.3 Å². The second kappa shape index (κ2) is 7.99. The Morgan fingerprint density at radius 1 is 1.13 bits per heavy atom. The number of nitrogens with one attached hydrogen (secondary N) is 1. The maximum absolute atomic E-state index is 12.3. The Bertz CT molecular complexity index is 1270. The van der Waals surface area contributed by atoms with E-state index in [0.29, 0.717) is 17.8 Å². The summed E-state index contributed by atoms with van der Waals surface area (Å²) >= 11 is 0. The highest BCUT2D eigenvalue weighted by Gasteiger charge is 2.33. The fourth-order valence-corrected chi connectivity index (χ4v) is 4.26. The average molecular weight is 438 g/mol. The van der Waals surface area contributed by atoms with Crippen molar-refractivity contribution in [3.8, 4) is 5.69 Å². The molecule has 0 unspecified atom stereocenters. The summed E-state index contributed by atoms with van der Waals surface area (Å²) in [5, 5.41) is 10.7. The van der Waals surface area contributed by atoms with E-state index in [0.717, 1.165) is 28.8 Å². The molecule has 1 amide bonds. The van der Waals surface area contributed by atoms with Gasteiger partial charge in [0.1, 0.15) is 0 Å². The zero-order chi connectivity index (χ0) is 22.2. The molecular formula is C22H23N5O3S. The topological polar surface area (TPSA) is 96.7 Å². The van der Waals surface area contributed by atoms with Crippen LogP contribution in [0, 0.1) is 6.92 Å². The van der Waals surface area contributed by atoms with Crippen LogP contribution in [0.2, 0.25) is 0 Å². The van der Waals surface area contributed by atoms with E-state index in [1.54, 1.807) is 22.9 Å². The summed E-state index contributed by atoms with van der Waals surface area (Å²) in [4.78, 5) is 12.3. The minimum Gasteiger partial charge on any atom is -0.284 e. The minimum atomic E-state index is -3.39. The molecule has 8 nitrogen and oxygen atoms in total. The van der Waals surface area contributed by atoms with Gasteiger partial charge in [-0.05, 0) is 36.8 Å². The van der Waals surface area contributed by atoms with Gasteiger partial charge in [0, 0.05) is 30.8 Å². The van der Waals surface area contributed by atoms with Crippen LogP contribution in [-0.2, 0) is 14.8 Å². The summed E-state index contributed by atoms with van der Waals surface area (Å²) in [5.41, 5.74) is 4.60. The molecule has 0 aliphatic carbocycles. The lowest BCUT2D eigenvalue weighted by Gasteiger charge is -2.19. The predicted octanol–water partition coefficient (Wildman–Crippen LogP) is 3.25. The first-order chi connectivity index (χ1) is 14.7. The Labute approximate surface area is 181 Å². The minimum absolute atomic E-state index is 0.169. The lowest BCUT2D eigenvalue weighted by molar-refractivity contribution is -0.130. The summed E-state index contributed by atoms with van der Waals surface area (Å²) in [7, 11) is -3.39. The van der Waals surface area contributed by atoms with E-state index < -0.39 is 10.0 Å². The third-order valence-electron chi connectivity index (χ3n) is 5.05. The third-order valence-corrected chi connectivity index (χ3v) is 5.66. The van der Waals surface area contributed by atoms with Gasteiger partial charge in [0.25, 0.3) is 0 Å². The van der Waals surface area contributed by atoms with Crippen molar-refractivity contribution in [3.63, 3.8) is 0 Å². The molecule has 1 atom stereocenters. The van der Waals surface area contributed by atoms with Gasteiger partial charge in [0.2, 0.25) is 15.9 Å². The zero-order valence-electron chi connectivity index (χ0n) is 17.5. The second-order valence-corrected chi connectivity index (χ2v) is 9.28. The number of rotatable bonds is 5. The van der Waals surface area contributed by atoms with E-state index in [1.807, 2.05) is 49.5 Å². The fraction of sp³-hybridized carbons (Fsp3) is 0.227. The van der Waals surface area contributed by atoms with Crippen LogP contribution in [0.5, 0.6) is 0 Å². The molecule has 0 fully saturated rings. The van der Waals surface area contributed by atoms with E-state index in [2.05, 4.69) is 14.9 Å². The normalized spacial score (nSPS) is 16.3.